The van der Waals surface area contributed by atoms with E-state index in [0.717, 1.165) is 0 Å². The number of rotatable bonds is 1. The minimum atomic E-state index is -0.999. The summed E-state index contributed by atoms with van der Waals surface area (Å²) in [5.41, 5.74) is 6.45. The Labute approximate surface area is 115 Å². The first-order valence-corrected chi connectivity index (χ1v) is 5.99. The van der Waals surface area contributed by atoms with Gasteiger partial charge >= 0.3 is 0 Å². The highest BCUT2D eigenvalue weighted by Crippen LogP contribution is 2.36. The van der Waals surface area contributed by atoms with Crippen molar-refractivity contribution in [2.45, 2.75) is 5.92 Å². The van der Waals surface area contributed by atoms with Crippen LogP contribution in [0.25, 0.3) is 0 Å². The predicted octanol–water partition coefficient (Wildman–Crippen LogP) is 0.666. The molecule has 1 aliphatic rings. The molecule has 2 rings (SSSR count). The highest BCUT2D eigenvalue weighted by molar-refractivity contribution is 7.84. The molecule has 1 heterocycles. The lowest BCUT2D eigenvalue weighted by Crippen LogP contribution is -2.46. The molecule has 0 aromatic heterocycles. The molecule has 1 fully saturated rings. The van der Waals surface area contributed by atoms with Gasteiger partial charge in [0.05, 0.1) is 16.7 Å². The average Bonchev–Trinajstić information content (AvgIpc) is 2.38. The lowest BCUT2D eigenvalue weighted by atomic mass is 9.78. The molecule has 0 aliphatic carbocycles. The van der Waals surface area contributed by atoms with E-state index >= 15 is 0 Å². The van der Waals surface area contributed by atoms with Crippen LogP contribution in [-0.4, -0.2) is 11.8 Å². The Morgan fingerprint density at radius 1 is 1.32 bits per heavy atom. The molecule has 2 atom stereocenters. The quantitative estimate of drug-likeness (QED) is 0.398. The van der Waals surface area contributed by atoms with Gasteiger partial charge in [0.1, 0.15) is 5.92 Å². The summed E-state index contributed by atoms with van der Waals surface area (Å²) in [6.07, 6.45) is 0. The van der Waals surface area contributed by atoms with Crippen molar-refractivity contribution in [3.63, 3.8) is 0 Å². The number of thiol groups is 1. The Bertz CT molecular complexity index is 600. The summed E-state index contributed by atoms with van der Waals surface area (Å²) in [5.74, 6) is -2.90. The minimum Gasteiger partial charge on any atom is -0.393 e. The fourth-order valence-corrected chi connectivity index (χ4v) is 2.39. The second-order valence-corrected chi connectivity index (χ2v) is 4.59. The minimum absolute atomic E-state index is 0.0131. The van der Waals surface area contributed by atoms with Crippen molar-refractivity contribution < 1.29 is 9.59 Å². The summed E-state index contributed by atoms with van der Waals surface area (Å²) in [4.78, 5) is 23.6. The summed E-state index contributed by atoms with van der Waals surface area (Å²) in [6.45, 7) is 0. The van der Waals surface area contributed by atoms with Crippen molar-refractivity contribution in [2.75, 3.05) is 0 Å². The number of carbonyl (C=O) groups excluding carboxylic acids is 2. The highest BCUT2D eigenvalue weighted by Gasteiger charge is 2.41. The molecule has 1 saturated heterocycles. The number of hydrogen-bond donors (Lipinski definition) is 3. The second-order valence-electron chi connectivity index (χ2n) is 4.11. The predicted molar refractivity (Wildman–Crippen MR) is 71.6 cm³/mol. The molecule has 96 valence electrons. The molecule has 5 nitrogen and oxygen atoms in total. The van der Waals surface area contributed by atoms with Crippen LogP contribution in [0.5, 0.6) is 0 Å². The third-order valence-electron chi connectivity index (χ3n) is 2.98. The summed E-state index contributed by atoms with van der Waals surface area (Å²) in [6, 6.07) is 10.8. The number of nitriles is 1. The molecular weight excluding hydrogens is 262 g/mol. The number of hydrogen-bond acceptors (Lipinski definition) is 5. The molecule has 2 amide bonds. The van der Waals surface area contributed by atoms with Crippen molar-refractivity contribution >= 4 is 24.4 Å². The van der Waals surface area contributed by atoms with Gasteiger partial charge in [-0.1, -0.05) is 30.3 Å². The standard InChI is InChI=1S/C13H11N3O2S/c14-6-8-9(7-4-2-1-3-5-7)10(11(15)19)13(18)16-12(8)17/h1-5,8-9,19H,15H2,(H,16,17,18)/b11-10+. The number of imide groups is 1. The summed E-state index contributed by atoms with van der Waals surface area (Å²) < 4.78 is 0. The topological polar surface area (TPSA) is 96.0 Å². The third-order valence-corrected chi connectivity index (χ3v) is 3.22. The van der Waals surface area contributed by atoms with Crippen LogP contribution in [0.3, 0.4) is 0 Å². The van der Waals surface area contributed by atoms with Crippen LogP contribution < -0.4 is 11.1 Å². The summed E-state index contributed by atoms with van der Waals surface area (Å²) in [5, 5.41) is 11.3. The Morgan fingerprint density at radius 2 is 1.95 bits per heavy atom. The Balaban J connectivity index is 2.61. The van der Waals surface area contributed by atoms with Gasteiger partial charge in [0.15, 0.2) is 0 Å². The van der Waals surface area contributed by atoms with Gasteiger partial charge in [-0.25, -0.2) is 0 Å². The van der Waals surface area contributed by atoms with E-state index in [-0.39, 0.29) is 10.6 Å². The monoisotopic (exact) mass is 273 g/mol. The van der Waals surface area contributed by atoms with E-state index in [1.54, 1.807) is 24.3 Å². The van der Waals surface area contributed by atoms with Crippen molar-refractivity contribution in [1.29, 1.82) is 5.26 Å². The van der Waals surface area contributed by atoms with Gasteiger partial charge < -0.3 is 5.73 Å². The lowest BCUT2D eigenvalue weighted by molar-refractivity contribution is -0.132. The maximum Gasteiger partial charge on any atom is 0.257 e. The van der Waals surface area contributed by atoms with Crippen molar-refractivity contribution in [3.05, 3.63) is 46.5 Å². The molecule has 1 aromatic carbocycles. The van der Waals surface area contributed by atoms with Crippen LogP contribution in [0.1, 0.15) is 11.5 Å². The average molecular weight is 273 g/mol. The number of carbonyl (C=O) groups is 2. The van der Waals surface area contributed by atoms with E-state index in [1.807, 2.05) is 12.1 Å². The smallest absolute Gasteiger partial charge is 0.257 e. The molecule has 0 spiro atoms. The molecule has 1 aliphatic heterocycles. The Kier molecular flexibility index (Phi) is 3.58. The van der Waals surface area contributed by atoms with Crippen LogP contribution in [0.4, 0.5) is 0 Å². The maximum atomic E-state index is 11.9. The van der Waals surface area contributed by atoms with Gasteiger partial charge in [0.2, 0.25) is 5.91 Å². The third kappa shape index (κ3) is 2.33. The SMILES string of the molecule is N#CC1C(=O)NC(=O)/C(=C(\N)S)C1c1ccccc1. The van der Waals surface area contributed by atoms with E-state index in [4.69, 9.17) is 11.0 Å². The number of piperidine rings is 1. The number of nitrogens with one attached hydrogen (secondary N) is 1. The zero-order valence-electron chi connectivity index (χ0n) is 9.83. The van der Waals surface area contributed by atoms with Gasteiger partial charge in [0, 0.05) is 5.92 Å². The fraction of sp³-hybridized carbons (Fsp3) is 0.154. The molecule has 0 saturated carbocycles. The van der Waals surface area contributed by atoms with Gasteiger partial charge in [-0.3, -0.25) is 14.9 Å². The first-order chi connectivity index (χ1) is 9.06. The number of nitrogens with two attached hydrogens (primary N) is 1. The first-order valence-electron chi connectivity index (χ1n) is 5.54. The molecule has 0 bridgehead atoms. The van der Waals surface area contributed by atoms with Crippen LogP contribution in [0.15, 0.2) is 40.9 Å². The van der Waals surface area contributed by atoms with Crippen LogP contribution in [-0.2, 0) is 9.59 Å². The van der Waals surface area contributed by atoms with Crippen molar-refractivity contribution in [3.8, 4) is 6.07 Å². The van der Waals surface area contributed by atoms with Crippen LogP contribution in [0, 0.1) is 17.2 Å². The van der Waals surface area contributed by atoms with Gasteiger partial charge in [-0.05, 0) is 5.56 Å². The highest BCUT2D eigenvalue weighted by atomic mass is 32.1. The van der Waals surface area contributed by atoms with Crippen LogP contribution >= 0.6 is 12.6 Å². The first kappa shape index (κ1) is 13.2. The largest absolute Gasteiger partial charge is 0.393 e. The second kappa shape index (κ2) is 5.16. The van der Waals surface area contributed by atoms with Gasteiger partial charge in [0.25, 0.3) is 5.91 Å². The zero-order chi connectivity index (χ0) is 14.0. The molecule has 0 radical (unpaired) electrons. The van der Waals surface area contributed by atoms with Gasteiger partial charge in [-0.15, -0.1) is 12.6 Å². The van der Waals surface area contributed by atoms with Crippen LogP contribution in [0.2, 0.25) is 0 Å². The lowest BCUT2D eigenvalue weighted by Gasteiger charge is -2.29. The molecule has 19 heavy (non-hydrogen) atoms. The molecular formula is C13H11N3O2S. The number of amides is 2. The zero-order valence-corrected chi connectivity index (χ0v) is 10.7. The summed E-state index contributed by atoms with van der Waals surface area (Å²) >= 11 is 3.99. The normalized spacial score (nSPS) is 25.5. The fourth-order valence-electron chi connectivity index (χ4n) is 2.14. The van der Waals surface area contributed by atoms with E-state index < -0.39 is 23.7 Å². The Morgan fingerprint density at radius 3 is 2.47 bits per heavy atom. The van der Waals surface area contributed by atoms with E-state index in [9.17, 15) is 9.59 Å². The molecule has 6 heteroatoms. The molecule has 3 N–H and O–H groups in total. The number of nitrogens with zero attached hydrogens (tertiary/aromatic N) is 1. The summed E-state index contributed by atoms with van der Waals surface area (Å²) in [7, 11) is 0. The Hall–Kier alpha value is -2.26. The van der Waals surface area contributed by atoms with Crippen molar-refractivity contribution in [1.82, 2.24) is 5.32 Å². The van der Waals surface area contributed by atoms with E-state index in [1.165, 1.54) is 0 Å². The maximum absolute atomic E-state index is 11.9. The van der Waals surface area contributed by atoms with Gasteiger partial charge in [-0.2, -0.15) is 5.26 Å². The number of benzene rings is 1. The molecule has 1 aromatic rings. The van der Waals surface area contributed by atoms with E-state index in [2.05, 4.69) is 17.9 Å². The molecule has 2 unspecified atom stereocenters. The van der Waals surface area contributed by atoms with Crippen molar-refractivity contribution in [2.24, 2.45) is 11.7 Å². The van der Waals surface area contributed by atoms with E-state index in [0.29, 0.717) is 5.56 Å².